The van der Waals surface area contributed by atoms with E-state index >= 15 is 0 Å². The molecule has 1 aromatic carbocycles. The van der Waals surface area contributed by atoms with Crippen molar-refractivity contribution in [1.29, 1.82) is 0 Å². The second-order valence-corrected chi connectivity index (χ2v) is 5.37. The minimum atomic E-state index is -0.642. The van der Waals surface area contributed by atoms with E-state index in [4.69, 9.17) is 5.73 Å². The Morgan fingerprint density at radius 3 is 2.28 bits per heavy atom. The molecule has 1 aromatic rings. The molecule has 0 unspecified atom stereocenters. The third kappa shape index (κ3) is 4.49. The molecule has 0 aliphatic rings. The first-order chi connectivity index (χ1) is 8.34. The molecule has 0 fully saturated rings. The predicted octanol–water partition coefficient (Wildman–Crippen LogP) is 1.97. The number of benzene rings is 1. The first-order valence-electron chi connectivity index (χ1n) is 5.60. The van der Waals surface area contributed by atoms with Gasteiger partial charge in [0.2, 0.25) is 5.91 Å². The largest absolute Gasteiger partial charge is 0.370 e. The number of primary amides is 1. The molecule has 0 aromatic heterocycles. The lowest BCUT2D eigenvalue weighted by molar-refractivity contribution is -0.119. The van der Waals surface area contributed by atoms with Gasteiger partial charge < -0.3 is 11.1 Å². The first-order valence-corrected chi connectivity index (χ1v) is 6.72. The van der Waals surface area contributed by atoms with Crippen molar-refractivity contribution in [1.82, 2.24) is 5.32 Å². The minimum Gasteiger partial charge on any atom is -0.370 e. The highest BCUT2D eigenvalue weighted by molar-refractivity contribution is 9.08. The van der Waals surface area contributed by atoms with E-state index in [9.17, 15) is 9.59 Å². The van der Waals surface area contributed by atoms with Gasteiger partial charge in [-0.2, -0.15) is 0 Å². The van der Waals surface area contributed by atoms with Crippen LogP contribution in [0.4, 0.5) is 0 Å². The molecule has 2 amide bonds. The highest BCUT2D eigenvalue weighted by atomic mass is 79.9. The first kappa shape index (κ1) is 14.7. The summed E-state index contributed by atoms with van der Waals surface area (Å²) < 4.78 is 0. The van der Waals surface area contributed by atoms with Crippen LogP contribution in [0, 0.1) is 0 Å². The lowest BCUT2D eigenvalue weighted by Crippen LogP contribution is -2.46. The van der Waals surface area contributed by atoms with Gasteiger partial charge in [0.1, 0.15) is 0 Å². The zero-order valence-electron chi connectivity index (χ0n) is 10.5. The molecule has 98 valence electrons. The van der Waals surface area contributed by atoms with Crippen LogP contribution in [-0.4, -0.2) is 17.4 Å². The lowest BCUT2D eigenvalue weighted by Gasteiger charge is -2.24. The van der Waals surface area contributed by atoms with Crippen LogP contribution >= 0.6 is 15.9 Å². The molecule has 0 bridgehead atoms. The zero-order valence-corrected chi connectivity index (χ0v) is 12.1. The molecule has 0 spiro atoms. The van der Waals surface area contributed by atoms with Crippen molar-refractivity contribution in [2.24, 2.45) is 5.73 Å². The van der Waals surface area contributed by atoms with Gasteiger partial charge >= 0.3 is 0 Å². The Balaban J connectivity index is 2.72. The van der Waals surface area contributed by atoms with E-state index in [1.54, 1.807) is 26.0 Å². The number of rotatable bonds is 5. The van der Waals surface area contributed by atoms with Gasteiger partial charge in [-0.05, 0) is 31.5 Å². The molecular weight excluding hydrogens is 296 g/mol. The number of hydrogen-bond donors (Lipinski definition) is 2. The van der Waals surface area contributed by atoms with Crippen LogP contribution in [0.15, 0.2) is 24.3 Å². The van der Waals surface area contributed by atoms with Gasteiger partial charge in [0.15, 0.2) is 0 Å². The maximum Gasteiger partial charge on any atom is 0.251 e. The van der Waals surface area contributed by atoms with Crippen LogP contribution in [0.5, 0.6) is 0 Å². The van der Waals surface area contributed by atoms with Gasteiger partial charge in [0.25, 0.3) is 5.91 Å². The SMILES string of the molecule is CC(C)(CC(N)=O)NC(=O)c1ccc(CBr)cc1. The maximum absolute atomic E-state index is 12.0. The molecule has 3 N–H and O–H groups in total. The van der Waals surface area contributed by atoms with E-state index in [0.717, 1.165) is 10.9 Å². The number of alkyl halides is 1. The van der Waals surface area contributed by atoms with Crippen molar-refractivity contribution in [3.63, 3.8) is 0 Å². The summed E-state index contributed by atoms with van der Waals surface area (Å²) in [6.07, 6.45) is 0.109. The quantitative estimate of drug-likeness (QED) is 0.816. The van der Waals surface area contributed by atoms with Gasteiger partial charge in [0, 0.05) is 22.9 Å². The van der Waals surface area contributed by atoms with E-state index in [2.05, 4.69) is 21.2 Å². The maximum atomic E-state index is 12.0. The molecule has 0 saturated heterocycles. The predicted molar refractivity (Wildman–Crippen MR) is 74.4 cm³/mol. The number of carbonyl (C=O) groups excluding carboxylic acids is 2. The fourth-order valence-corrected chi connectivity index (χ4v) is 1.98. The summed E-state index contributed by atoms with van der Waals surface area (Å²) in [6.45, 7) is 3.53. The lowest BCUT2D eigenvalue weighted by atomic mass is 9.99. The fraction of sp³-hybridized carbons (Fsp3) is 0.385. The van der Waals surface area contributed by atoms with Crippen LogP contribution in [0.1, 0.15) is 36.2 Å². The van der Waals surface area contributed by atoms with Crippen LogP contribution in [0.25, 0.3) is 0 Å². The van der Waals surface area contributed by atoms with Crippen molar-refractivity contribution in [2.45, 2.75) is 31.1 Å². The Kier molecular flexibility index (Phi) is 4.90. The van der Waals surface area contributed by atoms with E-state index in [1.807, 2.05) is 12.1 Å². The van der Waals surface area contributed by atoms with Gasteiger partial charge in [-0.25, -0.2) is 0 Å². The van der Waals surface area contributed by atoms with Gasteiger partial charge in [-0.15, -0.1) is 0 Å². The van der Waals surface area contributed by atoms with Gasteiger partial charge in [0.05, 0.1) is 0 Å². The molecule has 4 nitrogen and oxygen atoms in total. The summed E-state index contributed by atoms with van der Waals surface area (Å²) in [5.74, 6) is -0.641. The topological polar surface area (TPSA) is 72.2 Å². The van der Waals surface area contributed by atoms with Gasteiger partial charge in [-0.1, -0.05) is 28.1 Å². The number of hydrogen-bond acceptors (Lipinski definition) is 2. The standard InChI is InChI=1S/C13H17BrN2O2/c1-13(2,7-11(15)17)16-12(18)10-5-3-9(8-14)4-6-10/h3-6H,7-8H2,1-2H3,(H2,15,17)(H,16,18). The number of halogens is 1. The number of nitrogens with one attached hydrogen (secondary N) is 1. The molecule has 0 aliphatic heterocycles. The summed E-state index contributed by atoms with van der Waals surface area (Å²) >= 11 is 3.34. The number of carbonyl (C=O) groups is 2. The molecule has 0 saturated carbocycles. The molecule has 1 rings (SSSR count). The van der Waals surface area contributed by atoms with Crippen molar-refractivity contribution >= 4 is 27.7 Å². The smallest absolute Gasteiger partial charge is 0.251 e. The van der Waals surface area contributed by atoms with E-state index in [-0.39, 0.29) is 12.3 Å². The molecule has 0 aliphatic carbocycles. The average molecular weight is 313 g/mol. The Labute approximate surface area is 115 Å². The highest BCUT2D eigenvalue weighted by Crippen LogP contribution is 2.11. The Hall–Kier alpha value is -1.36. The molecule has 0 radical (unpaired) electrons. The third-order valence-corrected chi connectivity index (χ3v) is 3.09. The van der Waals surface area contributed by atoms with Crippen LogP contribution in [0.3, 0.4) is 0 Å². The molecule has 0 atom stereocenters. The summed E-state index contributed by atoms with van der Waals surface area (Å²) in [5, 5.41) is 3.54. The van der Waals surface area contributed by atoms with Crippen molar-refractivity contribution in [3.05, 3.63) is 35.4 Å². The highest BCUT2D eigenvalue weighted by Gasteiger charge is 2.23. The Bertz CT molecular complexity index is 441. The van der Waals surface area contributed by atoms with E-state index in [0.29, 0.717) is 5.56 Å². The monoisotopic (exact) mass is 312 g/mol. The van der Waals surface area contributed by atoms with E-state index < -0.39 is 11.4 Å². The number of nitrogens with two attached hydrogens (primary N) is 1. The van der Waals surface area contributed by atoms with Crippen molar-refractivity contribution < 1.29 is 9.59 Å². The summed E-state index contributed by atoms with van der Waals surface area (Å²) in [7, 11) is 0. The molecule has 0 heterocycles. The second kappa shape index (κ2) is 6.00. The summed E-state index contributed by atoms with van der Waals surface area (Å²) in [4.78, 5) is 22.8. The Morgan fingerprint density at radius 1 is 1.28 bits per heavy atom. The second-order valence-electron chi connectivity index (χ2n) is 4.81. The van der Waals surface area contributed by atoms with E-state index in [1.165, 1.54) is 0 Å². The summed E-state index contributed by atoms with van der Waals surface area (Å²) in [5.41, 5.74) is 6.16. The molecule has 18 heavy (non-hydrogen) atoms. The Morgan fingerprint density at radius 2 is 1.83 bits per heavy atom. The third-order valence-electron chi connectivity index (χ3n) is 2.44. The number of amides is 2. The molecular formula is C13H17BrN2O2. The van der Waals surface area contributed by atoms with Crippen LogP contribution in [-0.2, 0) is 10.1 Å². The average Bonchev–Trinajstić information content (AvgIpc) is 2.26. The summed E-state index contributed by atoms with van der Waals surface area (Å²) in [6, 6.07) is 7.27. The van der Waals surface area contributed by atoms with Crippen LogP contribution in [0.2, 0.25) is 0 Å². The van der Waals surface area contributed by atoms with Crippen molar-refractivity contribution in [3.8, 4) is 0 Å². The normalized spacial score (nSPS) is 11.1. The minimum absolute atomic E-state index is 0.109. The van der Waals surface area contributed by atoms with Gasteiger partial charge in [-0.3, -0.25) is 9.59 Å². The molecule has 5 heteroatoms. The fourth-order valence-electron chi connectivity index (χ4n) is 1.60. The van der Waals surface area contributed by atoms with Crippen LogP contribution < -0.4 is 11.1 Å². The van der Waals surface area contributed by atoms with Crippen molar-refractivity contribution in [2.75, 3.05) is 0 Å². The zero-order chi connectivity index (χ0) is 13.8.